The number of fused-ring (bicyclic) bond motifs is 5. The summed E-state index contributed by atoms with van der Waals surface area (Å²) in [5, 5.41) is 0. The number of hydrogen-bond acceptors (Lipinski definition) is 3. The number of benzene rings is 2. The van der Waals surface area contributed by atoms with Crippen LogP contribution in [0.4, 0.5) is 36.1 Å². The third-order valence-corrected chi connectivity index (χ3v) is 6.03. The standard InChI is InChI=1S/C23H20F3N3/c1-14-8-4-6-10-17(14)28-19-12-15(23(24,25)26)13-27-20(19)29-18-11-7-5-9-16(18)22(2,3)21(28)29/h4-13,21H,1-3H3. The Morgan fingerprint density at radius 2 is 1.55 bits per heavy atom. The largest absolute Gasteiger partial charge is 0.417 e. The summed E-state index contributed by atoms with van der Waals surface area (Å²) >= 11 is 0. The van der Waals surface area contributed by atoms with Crippen molar-refractivity contribution in [2.24, 2.45) is 0 Å². The first kappa shape index (κ1) is 18.0. The molecular formula is C23H20F3N3. The van der Waals surface area contributed by atoms with Crippen LogP contribution in [0.3, 0.4) is 0 Å². The van der Waals surface area contributed by atoms with E-state index >= 15 is 0 Å². The molecule has 2 aromatic carbocycles. The Morgan fingerprint density at radius 1 is 0.897 bits per heavy atom. The average Bonchev–Trinajstić information content (AvgIpc) is 3.13. The van der Waals surface area contributed by atoms with E-state index in [1.54, 1.807) is 0 Å². The number of aromatic nitrogens is 1. The van der Waals surface area contributed by atoms with Crippen LogP contribution in [0.2, 0.25) is 0 Å². The summed E-state index contributed by atoms with van der Waals surface area (Å²) in [6.45, 7) is 6.25. The monoisotopic (exact) mass is 395 g/mol. The summed E-state index contributed by atoms with van der Waals surface area (Å²) in [5.41, 5.74) is 3.48. The van der Waals surface area contributed by atoms with Crippen molar-refractivity contribution in [3.8, 4) is 0 Å². The summed E-state index contributed by atoms with van der Waals surface area (Å²) in [7, 11) is 0. The maximum Gasteiger partial charge on any atom is 0.417 e. The molecule has 29 heavy (non-hydrogen) atoms. The molecule has 2 aliphatic heterocycles. The van der Waals surface area contributed by atoms with Crippen molar-refractivity contribution < 1.29 is 13.2 Å². The number of rotatable bonds is 1. The number of hydrogen-bond donors (Lipinski definition) is 0. The summed E-state index contributed by atoms with van der Waals surface area (Å²) in [6, 6.07) is 17.1. The highest BCUT2D eigenvalue weighted by Gasteiger charge is 2.54. The summed E-state index contributed by atoms with van der Waals surface area (Å²) in [6.07, 6.45) is -3.71. The fourth-order valence-electron chi connectivity index (χ4n) is 4.68. The van der Waals surface area contributed by atoms with Crippen LogP contribution < -0.4 is 9.80 Å². The topological polar surface area (TPSA) is 19.4 Å². The van der Waals surface area contributed by atoms with E-state index < -0.39 is 11.7 Å². The molecule has 0 radical (unpaired) electrons. The lowest BCUT2D eigenvalue weighted by molar-refractivity contribution is -0.137. The van der Waals surface area contributed by atoms with Gasteiger partial charge in [0, 0.05) is 23.0 Å². The summed E-state index contributed by atoms with van der Waals surface area (Å²) in [4.78, 5) is 8.40. The van der Waals surface area contributed by atoms with Gasteiger partial charge < -0.3 is 9.80 Å². The second-order valence-electron chi connectivity index (χ2n) is 8.20. The van der Waals surface area contributed by atoms with Gasteiger partial charge in [-0.15, -0.1) is 0 Å². The first-order valence-electron chi connectivity index (χ1n) is 9.52. The molecule has 0 saturated heterocycles. The van der Waals surface area contributed by atoms with Crippen LogP contribution >= 0.6 is 0 Å². The third kappa shape index (κ3) is 2.41. The van der Waals surface area contributed by atoms with Gasteiger partial charge in [-0.3, -0.25) is 0 Å². The molecule has 1 atom stereocenters. The van der Waals surface area contributed by atoms with E-state index in [1.807, 2.05) is 54.3 Å². The molecule has 1 aromatic heterocycles. The molecule has 6 heteroatoms. The van der Waals surface area contributed by atoms with E-state index in [9.17, 15) is 13.2 Å². The molecule has 3 heterocycles. The molecular weight excluding hydrogens is 375 g/mol. The Balaban J connectivity index is 1.81. The van der Waals surface area contributed by atoms with Crippen LogP contribution in [0.25, 0.3) is 0 Å². The molecule has 0 amide bonds. The molecule has 0 fully saturated rings. The van der Waals surface area contributed by atoms with Crippen LogP contribution in [0, 0.1) is 6.92 Å². The van der Waals surface area contributed by atoms with Crippen molar-refractivity contribution in [3.05, 3.63) is 77.5 Å². The quantitative estimate of drug-likeness (QED) is 0.481. The van der Waals surface area contributed by atoms with Crippen LogP contribution in [0.15, 0.2) is 60.8 Å². The minimum atomic E-state index is -4.44. The van der Waals surface area contributed by atoms with Gasteiger partial charge in [-0.1, -0.05) is 50.2 Å². The fraction of sp³-hybridized carbons (Fsp3) is 0.261. The van der Waals surface area contributed by atoms with Crippen LogP contribution in [-0.2, 0) is 11.6 Å². The maximum absolute atomic E-state index is 13.5. The number of halogens is 3. The van der Waals surface area contributed by atoms with Gasteiger partial charge in [-0.25, -0.2) is 4.98 Å². The number of alkyl halides is 3. The Morgan fingerprint density at radius 3 is 2.24 bits per heavy atom. The van der Waals surface area contributed by atoms with E-state index in [0.717, 1.165) is 28.7 Å². The zero-order valence-corrected chi connectivity index (χ0v) is 16.3. The average molecular weight is 395 g/mol. The SMILES string of the molecule is Cc1ccccc1N1c2cc(C(F)(F)F)cnc2N2c3ccccc3C(C)(C)C12. The highest BCUT2D eigenvalue weighted by molar-refractivity contribution is 5.91. The molecule has 3 aromatic rings. The normalized spacial score (nSPS) is 19.2. The third-order valence-electron chi connectivity index (χ3n) is 6.03. The minimum absolute atomic E-state index is 0.202. The van der Waals surface area contributed by atoms with Gasteiger partial charge in [0.05, 0.1) is 11.3 Å². The number of anilines is 4. The zero-order valence-electron chi connectivity index (χ0n) is 16.3. The second kappa shape index (κ2) is 5.75. The van der Waals surface area contributed by atoms with Crippen LogP contribution in [0.1, 0.15) is 30.5 Å². The lowest BCUT2D eigenvalue weighted by Crippen LogP contribution is -2.46. The summed E-state index contributed by atoms with van der Waals surface area (Å²) in [5.74, 6) is 0.560. The van der Waals surface area contributed by atoms with Crippen molar-refractivity contribution in [2.75, 3.05) is 9.80 Å². The predicted octanol–water partition coefficient (Wildman–Crippen LogP) is 6.32. The first-order chi connectivity index (χ1) is 13.7. The molecule has 0 saturated carbocycles. The van der Waals surface area contributed by atoms with Gasteiger partial charge in [0.25, 0.3) is 0 Å². The lowest BCUT2D eigenvalue weighted by atomic mass is 9.83. The molecule has 0 N–H and O–H groups in total. The van der Waals surface area contributed by atoms with Crippen molar-refractivity contribution in [1.82, 2.24) is 4.98 Å². The molecule has 2 aliphatic rings. The number of para-hydroxylation sites is 2. The summed E-state index contributed by atoms with van der Waals surface area (Å²) < 4.78 is 40.4. The fourth-order valence-corrected chi connectivity index (χ4v) is 4.68. The van der Waals surface area contributed by atoms with E-state index in [-0.39, 0.29) is 11.6 Å². The van der Waals surface area contributed by atoms with Gasteiger partial charge in [-0.2, -0.15) is 13.2 Å². The van der Waals surface area contributed by atoms with E-state index in [1.165, 1.54) is 6.07 Å². The lowest BCUT2D eigenvalue weighted by Gasteiger charge is -2.37. The smallest absolute Gasteiger partial charge is 0.316 e. The van der Waals surface area contributed by atoms with Gasteiger partial charge in [-0.05, 0) is 36.2 Å². The Hall–Kier alpha value is -3.02. The Labute approximate surface area is 167 Å². The van der Waals surface area contributed by atoms with Crippen LogP contribution in [0.5, 0.6) is 0 Å². The number of pyridine rings is 1. The molecule has 3 nitrogen and oxygen atoms in total. The van der Waals surface area contributed by atoms with Crippen LogP contribution in [-0.4, -0.2) is 11.1 Å². The van der Waals surface area contributed by atoms with Gasteiger partial charge in [0.15, 0.2) is 5.82 Å². The highest BCUT2D eigenvalue weighted by atomic mass is 19.4. The van der Waals surface area contributed by atoms with Crippen molar-refractivity contribution in [3.63, 3.8) is 0 Å². The molecule has 148 valence electrons. The van der Waals surface area contributed by atoms with E-state index in [4.69, 9.17) is 0 Å². The van der Waals surface area contributed by atoms with Crippen molar-refractivity contribution in [1.29, 1.82) is 0 Å². The van der Waals surface area contributed by atoms with E-state index in [2.05, 4.69) is 29.8 Å². The second-order valence-corrected chi connectivity index (χ2v) is 8.20. The van der Waals surface area contributed by atoms with Crippen molar-refractivity contribution >= 4 is 22.9 Å². The van der Waals surface area contributed by atoms with Gasteiger partial charge in [0.1, 0.15) is 6.17 Å². The van der Waals surface area contributed by atoms with Gasteiger partial charge >= 0.3 is 6.18 Å². The zero-order chi connectivity index (χ0) is 20.6. The maximum atomic E-state index is 13.5. The number of aryl methyl sites for hydroxylation is 1. The molecule has 0 spiro atoms. The van der Waals surface area contributed by atoms with E-state index in [0.29, 0.717) is 11.5 Å². The van der Waals surface area contributed by atoms with Gasteiger partial charge in [0.2, 0.25) is 0 Å². The Kier molecular flexibility index (Phi) is 3.58. The first-order valence-corrected chi connectivity index (χ1v) is 9.52. The molecule has 0 aliphatic carbocycles. The Bertz CT molecular complexity index is 1120. The minimum Gasteiger partial charge on any atom is -0.316 e. The molecule has 0 bridgehead atoms. The molecule has 5 rings (SSSR count). The highest BCUT2D eigenvalue weighted by Crippen LogP contribution is 2.58. The number of nitrogens with zero attached hydrogens (tertiary/aromatic N) is 3. The predicted molar refractivity (Wildman–Crippen MR) is 108 cm³/mol. The van der Waals surface area contributed by atoms with Crippen molar-refractivity contribution in [2.45, 2.75) is 38.5 Å². The molecule has 1 unspecified atom stereocenters.